The average molecular weight is 922 g/mol. The molecule has 0 saturated carbocycles. The number of benzene rings is 9. The first-order valence-corrected chi connectivity index (χ1v) is 24.3. The van der Waals surface area contributed by atoms with Gasteiger partial charge in [0.15, 0.2) is 0 Å². The van der Waals surface area contributed by atoms with Crippen molar-refractivity contribution in [3.63, 3.8) is 0 Å². The van der Waals surface area contributed by atoms with Gasteiger partial charge in [-0.15, -0.1) is 106 Å². The molecular weight excluding hydrogens is 875 g/mol. The molecule has 11 aromatic carbocycles. The minimum atomic E-state index is 0. The van der Waals surface area contributed by atoms with Crippen molar-refractivity contribution < 1.29 is 23.3 Å². The monoisotopic (exact) mass is 919 g/mol. The molecule has 0 bridgehead atoms. The zero-order valence-corrected chi connectivity index (χ0v) is 40.0. The number of rotatable bonds is 2. The Morgan fingerprint density at radius 1 is 0.377 bits per heavy atom. The SMILES string of the molecule is Cc1cc2c(-c3cccc4cc5ccccc5cc34)c(C)ccc2[cH-]1.Cc1cc2c(-c3cccc4cc5ccccc5cc34)c(C)ccc2[cH-]1.Cl.Cl.[CH2-]c1ccccc1.[Si]=[Zr]. The first kappa shape index (κ1) is 45.3. The van der Waals surface area contributed by atoms with Crippen molar-refractivity contribution in [1.82, 2.24) is 0 Å². The zero-order valence-electron chi connectivity index (χ0n) is 34.9. The van der Waals surface area contributed by atoms with Crippen LogP contribution in [-0.2, 0) is 23.3 Å². The van der Waals surface area contributed by atoms with Gasteiger partial charge >= 0.3 is 30.2 Å². The van der Waals surface area contributed by atoms with Crippen molar-refractivity contribution in [2.75, 3.05) is 0 Å². The third-order valence-corrected chi connectivity index (χ3v) is 11.4. The predicted octanol–water partition coefficient (Wildman–Crippen LogP) is 16.6. The van der Waals surface area contributed by atoms with Crippen LogP contribution >= 0.6 is 24.8 Å². The number of halogens is 2. The quantitative estimate of drug-likeness (QED) is 0.0921. The van der Waals surface area contributed by atoms with E-state index in [1.165, 1.54) is 132 Å². The first-order chi connectivity index (χ1) is 28.8. The molecule has 0 spiro atoms. The Hall–Kier alpha value is -5.21. The van der Waals surface area contributed by atoms with Gasteiger partial charge in [-0.1, -0.05) is 127 Å². The summed E-state index contributed by atoms with van der Waals surface area (Å²) in [5.74, 6) is 0. The molecule has 0 amide bonds. The predicted molar refractivity (Wildman–Crippen MR) is 270 cm³/mol. The molecular formula is C57H47Cl2SiZr-3. The van der Waals surface area contributed by atoms with Crippen molar-refractivity contribution in [2.24, 2.45) is 0 Å². The van der Waals surface area contributed by atoms with E-state index in [0.717, 1.165) is 5.56 Å². The molecule has 300 valence electrons. The molecule has 0 heterocycles. The molecule has 2 radical (unpaired) electrons. The van der Waals surface area contributed by atoms with E-state index >= 15 is 0 Å². The number of aryl methyl sites for hydroxylation is 4. The van der Waals surface area contributed by atoms with Crippen LogP contribution in [0.15, 0.2) is 188 Å². The molecule has 4 heteroatoms. The van der Waals surface area contributed by atoms with Crippen LogP contribution in [0.4, 0.5) is 0 Å². The topological polar surface area (TPSA) is 0 Å². The molecule has 0 N–H and O–H groups in total. The molecule has 0 aromatic heterocycles. The molecule has 0 saturated heterocycles. The van der Waals surface area contributed by atoms with Crippen LogP contribution in [0.1, 0.15) is 27.8 Å². The van der Waals surface area contributed by atoms with E-state index in [0.29, 0.717) is 0 Å². The third kappa shape index (κ3) is 9.50. The third-order valence-electron chi connectivity index (χ3n) is 11.4. The van der Waals surface area contributed by atoms with Gasteiger partial charge < -0.3 is 0 Å². The molecule has 0 aliphatic heterocycles. The van der Waals surface area contributed by atoms with Crippen LogP contribution in [0.3, 0.4) is 0 Å². The number of hydrogen-bond acceptors (Lipinski definition) is 0. The molecule has 0 atom stereocenters. The Labute approximate surface area is 389 Å². The average Bonchev–Trinajstić information content (AvgIpc) is 3.84. The van der Waals surface area contributed by atoms with Crippen molar-refractivity contribution in [3.05, 3.63) is 223 Å². The summed E-state index contributed by atoms with van der Waals surface area (Å²) in [7, 11) is 0. The molecule has 11 rings (SSSR count). The van der Waals surface area contributed by atoms with Crippen LogP contribution in [0, 0.1) is 34.6 Å². The molecule has 61 heavy (non-hydrogen) atoms. The van der Waals surface area contributed by atoms with Gasteiger partial charge in [-0.2, -0.15) is 36.8 Å². The fourth-order valence-electron chi connectivity index (χ4n) is 8.64. The summed E-state index contributed by atoms with van der Waals surface area (Å²) >= 11 is 1.36. The van der Waals surface area contributed by atoms with E-state index in [-0.39, 0.29) is 24.8 Å². The summed E-state index contributed by atoms with van der Waals surface area (Å²) in [6.45, 7) is 15.6. The van der Waals surface area contributed by atoms with Crippen molar-refractivity contribution in [1.29, 1.82) is 0 Å². The number of hydrogen-bond donors (Lipinski definition) is 0. The normalized spacial score (nSPS) is 10.5. The number of fused-ring (bicyclic) bond motifs is 6. The van der Waals surface area contributed by atoms with Crippen molar-refractivity contribution in [2.45, 2.75) is 27.7 Å². The standard InChI is InChI=1S/2C25H19.C7H7.2ClH.Si.Zr/c2*1-16-12-21-11-10-17(2)25(24(21)13-16)22-9-5-8-20-14-18-6-3-4-7-19(18)15-23(20)22;1-7-5-3-2-4-6-7;;;;/h2*3-15H,1-2H3;2-6H,1H2;2*1H;;/q3*-1;;;;. The van der Waals surface area contributed by atoms with Crippen molar-refractivity contribution in [3.8, 4) is 22.3 Å². The Morgan fingerprint density at radius 2 is 0.738 bits per heavy atom. The molecule has 0 nitrogen and oxygen atoms in total. The Kier molecular flexibility index (Phi) is 14.9. The van der Waals surface area contributed by atoms with Gasteiger partial charge in [-0.05, 0) is 92.3 Å². The summed E-state index contributed by atoms with van der Waals surface area (Å²) in [6, 6.07) is 67.9. The Balaban J connectivity index is 0.000000166. The fraction of sp³-hybridized carbons (Fsp3) is 0.0702. The summed E-state index contributed by atoms with van der Waals surface area (Å²) in [5, 5.41) is 15.8. The van der Waals surface area contributed by atoms with E-state index in [9.17, 15) is 0 Å². The van der Waals surface area contributed by atoms with Crippen molar-refractivity contribution >= 4 is 96.3 Å². The molecule has 0 aliphatic rings. The van der Waals surface area contributed by atoms with Gasteiger partial charge in [0.25, 0.3) is 0 Å². The van der Waals surface area contributed by atoms with Gasteiger partial charge in [0.1, 0.15) is 0 Å². The van der Waals surface area contributed by atoms with Crippen LogP contribution < -0.4 is 0 Å². The van der Waals surface area contributed by atoms with Gasteiger partial charge in [-0.3, -0.25) is 0 Å². The van der Waals surface area contributed by atoms with Gasteiger partial charge in [0.2, 0.25) is 0 Å². The van der Waals surface area contributed by atoms with Crippen LogP contribution in [-0.4, -0.2) is 6.88 Å². The van der Waals surface area contributed by atoms with E-state index in [4.69, 9.17) is 0 Å². The Bertz CT molecular complexity index is 3060. The Morgan fingerprint density at radius 3 is 1.11 bits per heavy atom. The summed E-state index contributed by atoms with van der Waals surface area (Å²) in [5.41, 5.74) is 11.8. The maximum atomic E-state index is 3.72. The summed E-state index contributed by atoms with van der Waals surface area (Å²) < 4.78 is 0. The van der Waals surface area contributed by atoms with Gasteiger partial charge in [0, 0.05) is 0 Å². The van der Waals surface area contributed by atoms with Crippen LogP contribution in [0.25, 0.3) is 86.9 Å². The van der Waals surface area contributed by atoms with E-state index in [1.807, 2.05) is 30.3 Å². The molecule has 0 aliphatic carbocycles. The fourth-order valence-corrected chi connectivity index (χ4v) is 8.64. The van der Waals surface area contributed by atoms with E-state index in [1.54, 1.807) is 0 Å². The van der Waals surface area contributed by atoms with Crippen LogP contribution in [0.5, 0.6) is 0 Å². The summed E-state index contributed by atoms with van der Waals surface area (Å²) in [6.07, 6.45) is 0. The maximum absolute atomic E-state index is 3.72. The molecule has 0 unspecified atom stereocenters. The first-order valence-electron chi connectivity index (χ1n) is 20.1. The van der Waals surface area contributed by atoms with E-state index < -0.39 is 0 Å². The second-order valence-electron chi connectivity index (χ2n) is 15.5. The van der Waals surface area contributed by atoms with Gasteiger partial charge in [0.05, 0.1) is 0 Å². The minimum absolute atomic E-state index is 0. The molecule has 0 fully saturated rings. The van der Waals surface area contributed by atoms with Crippen LogP contribution in [0.2, 0.25) is 0 Å². The van der Waals surface area contributed by atoms with Gasteiger partial charge in [-0.25, -0.2) is 0 Å². The molecule has 11 aromatic rings. The second kappa shape index (κ2) is 20.1. The second-order valence-corrected chi connectivity index (χ2v) is 15.5. The van der Waals surface area contributed by atoms with E-state index in [2.05, 4.69) is 199 Å². The summed E-state index contributed by atoms with van der Waals surface area (Å²) in [4.78, 5) is 0. The zero-order chi connectivity index (χ0) is 41.0.